The molecule has 0 fully saturated rings. The number of nitro groups is 1. The molecule has 0 aliphatic carbocycles. The number of rotatable bonds is 6. The molecule has 2 N–H and O–H groups in total. The van der Waals surface area contributed by atoms with Gasteiger partial charge in [0, 0.05) is 17.9 Å². The molecule has 2 aromatic rings. The van der Waals surface area contributed by atoms with Crippen molar-refractivity contribution in [3.63, 3.8) is 0 Å². The van der Waals surface area contributed by atoms with Crippen molar-refractivity contribution in [2.75, 3.05) is 12.9 Å². The number of para-hydroxylation sites is 2. The molecule has 2 rings (SSSR count). The van der Waals surface area contributed by atoms with Crippen molar-refractivity contribution in [1.29, 1.82) is 0 Å². The predicted molar refractivity (Wildman–Crippen MR) is 98.5 cm³/mol. The van der Waals surface area contributed by atoms with Crippen LogP contribution < -0.4 is 15.6 Å². The van der Waals surface area contributed by atoms with Crippen LogP contribution in [0.5, 0.6) is 5.75 Å². The Bertz CT molecular complexity index is 1030. The quantitative estimate of drug-likeness (QED) is 0.539. The lowest BCUT2D eigenvalue weighted by atomic mass is 10.1. The molecule has 0 saturated heterocycles. The normalized spacial score (nSPS) is 10.8. The van der Waals surface area contributed by atoms with Crippen LogP contribution in [0.4, 0.5) is 5.69 Å². The number of hydrogen-bond acceptors (Lipinski definition) is 7. The van der Waals surface area contributed by atoms with Crippen LogP contribution in [0.25, 0.3) is 0 Å². The van der Waals surface area contributed by atoms with Crippen LogP contribution in [-0.2, 0) is 14.6 Å². The fourth-order valence-corrected chi connectivity index (χ4v) is 2.83. The van der Waals surface area contributed by atoms with Crippen LogP contribution in [0.2, 0.25) is 0 Å². The summed E-state index contributed by atoms with van der Waals surface area (Å²) >= 11 is 0. The van der Waals surface area contributed by atoms with E-state index in [9.17, 15) is 28.1 Å². The van der Waals surface area contributed by atoms with Gasteiger partial charge in [-0.25, -0.2) is 8.42 Å². The number of amides is 2. The van der Waals surface area contributed by atoms with Crippen molar-refractivity contribution in [2.24, 2.45) is 0 Å². The molecule has 0 aromatic heterocycles. The second-order valence-electron chi connectivity index (χ2n) is 5.76. The number of nitrogens with zero attached hydrogens (tertiary/aromatic N) is 1. The summed E-state index contributed by atoms with van der Waals surface area (Å²) in [6, 6.07) is 9.59. The van der Waals surface area contributed by atoms with Gasteiger partial charge in [0.25, 0.3) is 11.8 Å². The van der Waals surface area contributed by atoms with Gasteiger partial charge in [0.1, 0.15) is 0 Å². The van der Waals surface area contributed by atoms with Crippen LogP contribution in [0.3, 0.4) is 0 Å². The van der Waals surface area contributed by atoms with E-state index in [1.165, 1.54) is 42.5 Å². The average Bonchev–Trinajstić information content (AvgIpc) is 2.64. The average molecular weight is 407 g/mol. The number of carbonyl (C=O) groups excluding carboxylic acids is 2. The van der Waals surface area contributed by atoms with Crippen LogP contribution in [-0.4, -0.2) is 38.0 Å². The Morgan fingerprint density at radius 3 is 2.46 bits per heavy atom. The molecule has 0 aliphatic rings. The zero-order valence-corrected chi connectivity index (χ0v) is 15.8. The summed E-state index contributed by atoms with van der Waals surface area (Å²) < 4.78 is 28.3. The van der Waals surface area contributed by atoms with Gasteiger partial charge in [-0.05, 0) is 30.7 Å². The van der Waals surface area contributed by atoms with Gasteiger partial charge in [-0.1, -0.05) is 18.2 Å². The van der Waals surface area contributed by atoms with Crippen LogP contribution in [0, 0.1) is 17.0 Å². The van der Waals surface area contributed by atoms with Crippen molar-refractivity contribution in [1.82, 2.24) is 10.9 Å². The Morgan fingerprint density at radius 1 is 1.14 bits per heavy atom. The van der Waals surface area contributed by atoms with E-state index < -0.39 is 33.2 Å². The Kier molecular flexibility index (Phi) is 6.31. The van der Waals surface area contributed by atoms with E-state index in [1.807, 2.05) is 0 Å². The number of hydrogen-bond donors (Lipinski definition) is 2. The number of aryl methyl sites for hydroxylation is 1. The number of carbonyl (C=O) groups is 2. The molecule has 2 amide bonds. The van der Waals surface area contributed by atoms with Gasteiger partial charge >= 0.3 is 5.69 Å². The van der Waals surface area contributed by atoms with Gasteiger partial charge in [0.05, 0.1) is 9.82 Å². The second kappa shape index (κ2) is 8.48. The van der Waals surface area contributed by atoms with Gasteiger partial charge in [0.2, 0.25) is 0 Å². The number of hydrazine groups is 1. The van der Waals surface area contributed by atoms with Crippen molar-refractivity contribution in [3.8, 4) is 5.75 Å². The highest BCUT2D eigenvalue weighted by molar-refractivity contribution is 7.90. The maximum absolute atomic E-state index is 12.2. The SMILES string of the molecule is Cc1ccc(S(C)(=O)=O)cc1C(=O)NNC(=O)COc1ccccc1[N+](=O)[O-]. The van der Waals surface area contributed by atoms with E-state index in [0.29, 0.717) is 5.56 Å². The molecule has 0 atom stereocenters. The van der Waals surface area contributed by atoms with Crippen LogP contribution in [0.1, 0.15) is 15.9 Å². The summed E-state index contributed by atoms with van der Waals surface area (Å²) in [6.45, 7) is 1.04. The Balaban J connectivity index is 1.98. The third-order valence-corrected chi connectivity index (χ3v) is 4.73. The molecule has 10 nitrogen and oxygen atoms in total. The molecule has 0 bridgehead atoms. The zero-order chi connectivity index (χ0) is 20.9. The smallest absolute Gasteiger partial charge is 0.310 e. The fourth-order valence-electron chi connectivity index (χ4n) is 2.18. The summed E-state index contributed by atoms with van der Waals surface area (Å²) in [4.78, 5) is 34.3. The summed E-state index contributed by atoms with van der Waals surface area (Å²) in [5.74, 6) is -1.57. The van der Waals surface area contributed by atoms with E-state index in [2.05, 4.69) is 10.9 Å². The van der Waals surface area contributed by atoms with Gasteiger partial charge in [-0.2, -0.15) is 0 Å². The van der Waals surface area contributed by atoms with Crippen LogP contribution >= 0.6 is 0 Å². The summed E-state index contributed by atoms with van der Waals surface area (Å²) in [6.07, 6.45) is 1.02. The van der Waals surface area contributed by atoms with Crippen molar-refractivity contribution in [3.05, 3.63) is 63.7 Å². The van der Waals surface area contributed by atoms with E-state index in [-0.39, 0.29) is 21.9 Å². The van der Waals surface area contributed by atoms with E-state index in [4.69, 9.17) is 4.74 Å². The molecular formula is C17H17N3O7S. The third-order valence-electron chi connectivity index (χ3n) is 3.62. The van der Waals surface area contributed by atoms with Gasteiger partial charge in [0.15, 0.2) is 22.2 Å². The number of nitrogens with one attached hydrogen (secondary N) is 2. The first kappa shape index (κ1) is 20.8. The van der Waals surface area contributed by atoms with E-state index in [1.54, 1.807) is 6.92 Å². The summed E-state index contributed by atoms with van der Waals surface area (Å²) in [5.41, 5.74) is 4.53. The largest absolute Gasteiger partial charge is 0.477 e. The molecule has 0 unspecified atom stereocenters. The number of ether oxygens (including phenoxy) is 1. The van der Waals surface area contributed by atoms with Crippen molar-refractivity contribution in [2.45, 2.75) is 11.8 Å². The maximum atomic E-state index is 12.2. The molecule has 28 heavy (non-hydrogen) atoms. The minimum atomic E-state index is -3.50. The highest BCUT2D eigenvalue weighted by atomic mass is 32.2. The number of sulfone groups is 1. The summed E-state index contributed by atoms with van der Waals surface area (Å²) in [5, 5.41) is 10.9. The van der Waals surface area contributed by atoms with Crippen LogP contribution in [0.15, 0.2) is 47.4 Å². The molecule has 0 radical (unpaired) electrons. The zero-order valence-electron chi connectivity index (χ0n) is 15.0. The number of benzene rings is 2. The molecule has 0 heterocycles. The second-order valence-corrected chi connectivity index (χ2v) is 7.78. The first-order valence-corrected chi connectivity index (χ1v) is 9.75. The minimum absolute atomic E-state index is 0.0331. The fraction of sp³-hybridized carbons (Fsp3) is 0.176. The van der Waals surface area contributed by atoms with Gasteiger partial charge in [-0.3, -0.25) is 30.6 Å². The maximum Gasteiger partial charge on any atom is 0.310 e. The third kappa shape index (κ3) is 5.27. The monoisotopic (exact) mass is 407 g/mol. The van der Waals surface area contributed by atoms with Crippen molar-refractivity contribution >= 4 is 27.3 Å². The summed E-state index contributed by atoms with van der Waals surface area (Å²) in [7, 11) is -3.50. The van der Waals surface area contributed by atoms with Gasteiger partial charge in [-0.15, -0.1) is 0 Å². The molecule has 0 aliphatic heterocycles. The lowest BCUT2D eigenvalue weighted by molar-refractivity contribution is -0.385. The van der Waals surface area contributed by atoms with E-state index >= 15 is 0 Å². The minimum Gasteiger partial charge on any atom is -0.477 e. The van der Waals surface area contributed by atoms with Gasteiger partial charge < -0.3 is 4.74 Å². The first-order valence-electron chi connectivity index (χ1n) is 7.85. The molecule has 11 heteroatoms. The lowest BCUT2D eigenvalue weighted by Crippen LogP contribution is -2.44. The highest BCUT2D eigenvalue weighted by Crippen LogP contribution is 2.25. The molecule has 2 aromatic carbocycles. The predicted octanol–water partition coefficient (Wildman–Crippen LogP) is 1.15. The number of nitro benzene ring substituents is 1. The highest BCUT2D eigenvalue weighted by Gasteiger charge is 2.17. The Morgan fingerprint density at radius 2 is 1.82 bits per heavy atom. The standard InChI is InChI=1S/C17H17N3O7S/c1-11-7-8-12(28(2,25)26)9-13(11)17(22)19-18-16(21)10-27-15-6-4-3-5-14(15)20(23)24/h3-9H,10H2,1-2H3,(H,18,21)(H,19,22). The topological polar surface area (TPSA) is 145 Å². The molecular weight excluding hydrogens is 390 g/mol. The molecule has 0 spiro atoms. The Hall–Kier alpha value is -3.47. The first-order chi connectivity index (χ1) is 13.1. The van der Waals surface area contributed by atoms with E-state index in [0.717, 1.165) is 6.26 Å². The lowest BCUT2D eigenvalue weighted by Gasteiger charge is -2.11. The molecule has 148 valence electrons. The van der Waals surface area contributed by atoms with Crippen molar-refractivity contribution < 1.29 is 27.7 Å². The molecule has 0 saturated carbocycles. The Labute approximate surface area is 160 Å².